The van der Waals surface area contributed by atoms with Crippen molar-refractivity contribution in [3.63, 3.8) is 0 Å². The fraction of sp³-hybridized carbons (Fsp3) is 0.615. The van der Waals surface area contributed by atoms with Crippen LogP contribution >= 0.6 is 0 Å². The van der Waals surface area contributed by atoms with Crippen LogP contribution in [0.3, 0.4) is 0 Å². The van der Waals surface area contributed by atoms with E-state index in [-0.39, 0.29) is 0 Å². The minimum absolute atomic E-state index is 0.679. The number of nitrogens with one attached hydrogen (secondary N) is 1. The van der Waals surface area contributed by atoms with E-state index in [9.17, 15) is 0 Å². The quantitative estimate of drug-likeness (QED) is 0.769. The molecule has 1 aromatic heterocycles. The van der Waals surface area contributed by atoms with Crippen LogP contribution in [0.5, 0.6) is 5.88 Å². The zero-order valence-corrected chi connectivity index (χ0v) is 11.4. The van der Waals surface area contributed by atoms with E-state index in [0.29, 0.717) is 5.92 Å². The average Bonchev–Trinajstić information content (AvgIpc) is 2.52. The van der Waals surface area contributed by atoms with Gasteiger partial charge in [0, 0.05) is 13.6 Å². The predicted octanol–water partition coefficient (Wildman–Crippen LogP) is 2.00. The van der Waals surface area contributed by atoms with Crippen molar-refractivity contribution in [2.24, 2.45) is 13.0 Å². The minimum atomic E-state index is 0.679. The standard InChI is InChI=1S/C13H23N3O/c1-10(2)9-14-8-6-7-12-11(3)15-16(4)13(12)17-5/h6-7,10,14H,8-9H2,1-5H3/b7-6+. The Morgan fingerprint density at radius 1 is 1.47 bits per heavy atom. The van der Waals surface area contributed by atoms with Crippen molar-refractivity contribution in [2.45, 2.75) is 20.8 Å². The molecule has 0 radical (unpaired) electrons. The second-order valence-electron chi connectivity index (χ2n) is 4.59. The minimum Gasteiger partial charge on any atom is -0.481 e. The number of ether oxygens (including phenoxy) is 1. The van der Waals surface area contributed by atoms with Crippen molar-refractivity contribution in [1.29, 1.82) is 0 Å². The van der Waals surface area contributed by atoms with Gasteiger partial charge in [-0.1, -0.05) is 26.0 Å². The number of aryl methyl sites for hydroxylation is 2. The lowest BCUT2D eigenvalue weighted by molar-refractivity contribution is 0.372. The maximum absolute atomic E-state index is 5.32. The fourth-order valence-corrected chi connectivity index (χ4v) is 1.72. The molecule has 0 aliphatic heterocycles. The normalized spacial score (nSPS) is 11.6. The lowest BCUT2D eigenvalue weighted by atomic mass is 10.2. The van der Waals surface area contributed by atoms with Gasteiger partial charge in [0.2, 0.25) is 5.88 Å². The Morgan fingerprint density at radius 3 is 2.76 bits per heavy atom. The first-order valence-corrected chi connectivity index (χ1v) is 6.01. The third-order valence-electron chi connectivity index (χ3n) is 2.51. The lowest BCUT2D eigenvalue weighted by Crippen LogP contribution is -2.19. The zero-order valence-electron chi connectivity index (χ0n) is 11.4. The lowest BCUT2D eigenvalue weighted by Gasteiger charge is -2.04. The topological polar surface area (TPSA) is 39.1 Å². The van der Waals surface area contributed by atoms with Gasteiger partial charge in [-0.2, -0.15) is 5.10 Å². The SMILES string of the molecule is COc1c(/C=C/CNCC(C)C)c(C)nn1C. The summed E-state index contributed by atoms with van der Waals surface area (Å²) in [4.78, 5) is 0. The summed E-state index contributed by atoms with van der Waals surface area (Å²) in [6, 6.07) is 0. The molecule has 4 nitrogen and oxygen atoms in total. The summed E-state index contributed by atoms with van der Waals surface area (Å²) in [5.74, 6) is 1.49. The van der Waals surface area contributed by atoms with E-state index < -0.39 is 0 Å². The molecule has 0 amide bonds. The third-order valence-corrected chi connectivity index (χ3v) is 2.51. The van der Waals surface area contributed by atoms with Crippen LogP contribution in [0.1, 0.15) is 25.1 Å². The molecule has 17 heavy (non-hydrogen) atoms. The maximum atomic E-state index is 5.32. The molecule has 0 fully saturated rings. The molecular weight excluding hydrogens is 214 g/mol. The molecule has 0 spiro atoms. The summed E-state index contributed by atoms with van der Waals surface area (Å²) in [5.41, 5.74) is 2.05. The summed E-state index contributed by atoms with van der Waals surface area (Å²) in [6.07, 6.45) is 4.17. The van der Waals surface area contributed by atoms with Crippen molar-refractivity contribution in [3.8, 4) is 5.88 Å². The van der Waals surface area contributed by atoms with Crippen LogP contribution in [-0.4, -0.2) is 30.0 Å². The highest BCUT2D eigenvalue weighted by molar-refractivity contribution is 5.57. The van der Waals surface area contributed by atoms with Crippen molar-refractivity contribution in [3.05, 3.63) is 17.3 Å². The van der Waals surface area contributed by atoms with E-state index in [2.05, 4.69) is 36.4 Å². The Balaban J connectivity index is 2.58. The van der Waals surface area contributed by atoms with Gasteiger partial charge in [0.1, 0.15) is 0 Å². The largest absolute Gasteiger partial charge is 0.481 e. The number of aromatic nitrogens is 2. The Hall–Kier alpha value is -1.29. The first-order chi connectivity index (χ1) is 8.06. The molecule has 1 aromatic rings. The van der Waals surface area contributed by atoms with Gasteiger partial charge in [0.15, 0.2) is 0 Å². The third kappa shape index (κ3) is 3.89. The average molecular weight is 237 g/mol. The van der Waals surface area contributed by atoms with Crippen LogP contribution in [0.4, 0.5) is 0 Å². The fourth-order valence-electron chi connectivity index (χ4n) is 1.72. The van der Waals surface area contributed by atoms with Gasteiger partial charge < -0.3 is 10.1 Å². The van der Waals surface area contributed by atoms with Gasteiger partial charge in [0.05, 0.1) is 18.4 Å². The second kappa shape index (κ2) is 6.45. The first kappa shape index (κ1) is 13.8. The zero-order chi connectivity index (χ0) is 12.8. The predicted molar refractivity (Wildman–Crippen MR) is 71.2 cm³/mol. The number of hydrogen-bond acceptors (Lipinski definition) is 3. The van der Waals surface area contributed by atoms with Gasteiger partial charge in [0.25, 0.3) is 0 Å². The molecule has 1 N–H and O–H groups in total. The highest BCUT2D eigenvalue weighted by atomic mass is 16.5. The second-order valence-corrected chi connectivity index (χ2v) is 4.59. The van der Waals surface area contributed by atoms with Gasteiger partial charge in [-0.25, -0.2) is 4.68 Å². The van der Waals surface area contributed by atoms with Crippen LogP contribution in [0, 0.1) is 12.8 Å². The van der Waals surface area contributed by atoms with E-state index >= 15 is 0 Å². The maximum Gasteiger partial charge on any atom is 0.218 e. The Kier molecular flexibility index (Phi) is 5.22. The summed E-state index contributed by atoms with van der Waals surface area (Å²) >= 11 is 0. The summed E-state index contributed by atoms with van der Waals surface area (Å²) in [7, 11) is 3.56. The molecule has 1 rings (SSSR count). The Labute approximate surface area is 104 Å². The van der Waals surface area contributed by atoms with Crippen molar-refractivity contribution in [1.82, 2.24) is 15.1 Å². The molecule has 0 aliphatic carbocycles. The van der Waals surface area contributed by atoms with E-state index in [1.165, 1.54) is 0 Å². The highest BCUT2D eigenvalue weighted by Crippen LogP contribution is 2.21. The molecule has 0 saturated heterocycles. The van der Waals surface area contributed by atoms with Gasteiger partial charge >= 0.3 is 0 Å². The van der Waals surface area contributed by atoms with Crippen molar-refractivity contribution >= 4 is 6.08 Å². The first-order valence-electron chi connectivity index (χ1n) is 6.01. The number of nitrogens with zero attached hydrogens (tertiary/aromatic N) is 2. The molecule has 0 bridgehead atoms. The molecule has 4 heteroatoms. The summed E-state index contributed by atoms with van der Waals surface area (Å²) < 4.78 is 7.08. The van der Waals surface area contributed by atoms with Gasteiger partial charge in [-0.05, 0) is 19.4 Å². The monoisotopic (exact) mass is 237 g/mol. The smallest absolute Gasteiger partial charge is 0.218 e. The molecule has 0 unspecified atom stereocenters. The van der Waals surface area contributed by atoms with Crippen LogP contribution in [0.25, 0.3) is 6.08 Å². The van der Waals surface area contributed by atoms with E-state index in [1.807, 2.05) is 14.0 Å². The molecule has 96 valence electrons. The Bertz CT molecular complexity index is 380. The molecule has 0 aromatic carbocycles. The van der Waals surface area contributed by atoms with E-state index in [1.54, 1.807) is 11.8 Å². The van der Waals surface area contributed by atoms with E-state index in [0.717, 1.165) is 30.2 Å². The van der Waals surface area contributed by atoms with Crippen LogP contribution in [0.15, 0.2) is 6.08 Å². The highest BCUT2D eigenvalue weighted by Gasteiger charge is 2.10. The van der Waals surface area contributed by atoms with Crippen molar-refractivity contribution < 1.29 is 4.74 Å². The number of hydrogen-bond donors (Lipinski definition) is 1. The number of methoxy groups -OCH3 is 1. The Morgan fingerprint density at radius 2 is 2.18 bits per heavy atom. The van der Waals surface area contributed by atoms with Gasteiger partial charge in [-0.3, -0.25) is 0 Å². The van der Waals surface area contributed by atoms with Gasteiger partial charge in [-0.15, -0.1) is 0 Å². The summed E-state index contributed by atoms with van der Waals surface area (Å²) in [5, 5.41) is 7.69. The van der Waals surface area contributed by atoms with E-state index in [4.69, 9.17) is 4.74 Å². The molecule has 0 saturated carbocycles. The molecule has 0 atom stereocenters. The molecule has 1 heterocycles. The summed E-state index contributed by atoms with van der Waals surface area (Å²) in [6.45, 7) is 8.29. The number of rotatable bonds is 6. The van der Waals surface area contributed by atoms with Crippen molar-refractivity contribution in [2.75, 3.05) is 20.2 Å². The molecule has 0 aliphatic rings. The van der Waals surface area contributed by atoms with Crippen LogP contribution in [0.2, 0.25) is 0 Å². The van der Waals surface area contributed by atoms with Crippen LogP contribution in [-0.2, 0) is 7.05 Å². The molecular formula is C13H23N3O. The van der Waals surface area contributed by atoms with Crippen LogP contribution < -0.4 is 10.1 Å².